The lowest BCUT2D eigenvalue weighted by atomic mass is 9.93. The molecule has 24 heavy (non-hydrogen) atoms. The largest absolute Gasteiger partial charge is 0.491 e. The molecule has 1 aromatic carbocycles. The van der Waals surface area contributed by atoms with E-state index in [-0.39, 0.29) is 5.91 Å². The molecule has 5 nitrogen and oxygen atoms in total. The van der Waals surface area contributed by atoms with Gasteiger partial charge in [0.15, 0.2) is 0 Å². The topological polar surface area (TPSA) is 56.8 Å². The summed E-state index contributed by atoms with van der Waals surface area (Å²) in [5.74, 6) is 1.00. The van der Waals surface area contributed by atoms with Crippen LogP contribution < -0.4 is 10.1 Å². The van der Waals surface area contributed by atoms with Crippen molar-refractivity contribution in [3.05, 3.63) is 24.3 Å². The van der Waals surface area contributed by atoms with Crippen LogP contribution in [-0.2, 0) is 14.3 Å². The summed E-state index contributed by atoms with van der Waals surface area (Å²) in [6, 6.07) is 7.32. The second kappa shape index (κ2) is 10.3. The van der Waals surface area contributed by atoms with E-state index in [0.717, 1.165) is 17.9 Å². The number of benzene rings is 1. The van der Waals surface area contributed by atoms with E-state index in [2.05, 4.69) is 19.2 Å². The highest BCUT2D eigenvalue weighted by molar-refractivity contribution is 5.97. The zero-order valence-electron chi connectivity index (χ0n) is 15.6. The fraction of sp³-hybridized carbons (Fsp3) is 0.632. The number of carbonyl (C=O) groups is 1. The number of anilines is 1. The Morgan fingerprint density at radius 1 is 1.17 bits per heavy atom. The Bertz CT molecular complexity index is 487. The third-order valence-electron chi connectivity index (χ3n) is 3.57. The lowest BCUT2D eigenvalue weighted by Crippen LogP contribution is -2.44. The molecule has 5 heteroatoms. The van der Waals surface area contributed by atoms with Gasteiger partial charge in [0, 0.05) is 19.4 Å². The van der Waals surface area contributed by atoms with Crippen LogP contribution in [0.5, 0.6) is 5.75 Å². The van der Waals surface area contributed by atoms with Crippen molar-refractivity contribution in [3.63, 3.8) is 0 Å². The van der Waals surface area contributed by atoms with Gasteiger partial charge in [0.1, 0.15) is 18.0 Å². The van der Waals surface area contributed by atoms with E-state index in [9.17, 15) is 4.79 Å². The van der Waals surface area contributed by atoms with Crippen LogP contribution in [-0.4, -0.2) is 38.4 Å². The maximum atomic E-state index is 12.7. The maximum Gasteiger partial charge on any atom is 0.256 e. The fourth-order valence-electron chi connectivity index (χ4n) is 2.46. The SMILES string of the molecule is CCCO[C@](C)(CC(C)C)C(=O)Nc1ccc(OCCOC)cc1. The van der Waals surface area contributed by atoms with Crippen molar-refractivity contribution in [1.29, 1.82) is 0 Å². The van der Waals surface area contributed by atoms with Gasteiger partial charge in [0.25, 0.3) is 5.91 Å². The molecule has 0 fully saturated rings. The zero-order valence-corrected chi connectivity index (χ0v) is 15.6. The molecule has 1 atom stereocenters. The van der Waals surface area contributed by atoms with Crippen molar-refractivity contribution in [1.82, 2.24) is 0 Å². The van der Waals surface area contributed by atoms with Crippen LogP contribution in [0, 0.1) is 5.92 Å². The minimum absolute atomic E-state index is 0.113. The van der Waals surface area contributed by atoms with Crippen LogP contribution >= 0.6 is 0 Å². The number of amides is 1. The van der Waals surface area contributed by atoms with Crippen molar-refractivity contribution in [2.45, 2.75) is 46.1 Å². The Hall–Kier alpha value is -1.59. The summed E-state index contributed by atoms with van der Waals surface area (Å²) in [6.45, 7) is 9.69. The number of methoxy groups -OCH3 is 1. The van der Waals surface area contributed by atoms with Crippen molar-refractivity contribution in [2.75, 3.05) is 32.2 Å². The highest BCUT2D eigenvalue weighted by Gasteiger charge is 2.34. The molecular weight excluding hydrogens is 306 g/mol. The third kappa shape index (κ3) is 6.89. The first-order valence-electron chi connectivity index (χ1n) is 8.58. The smallest absolute Gasteiger partial charge is 0.256 e. The van der Waals surface area contributed by atoms with Gasteiger partial charge in [-0.25, -0.2) is 0 Å². The molecule has 0 aliphatic heterocycles. The summed E-state index contributed by atoms with van der Waals surface area (Å²) < 4.78 is 16.3. The molecule has 1 amide bonds. The van der Waals surface area contributed by atoms with Crippen molar-refractivity contribution in [3.8, 4) is 5.75 Å². The number of hydrogen-bond donors (Lipinski definition) is 1. The number of nitrogens with one attached hydrogen (secondary N) is 1. The van der Waals surface area contributed by atoms with Gasteiger partial charge < -0.3 is 19.5 Å². The van der Waals surface area contributed by atoms with E-state index < -0.39 is 5.60 Å². The first-order valence-corrected chi connectivity index (χ1v) is 8.58. The molecule has 0 unspecified atom stereocenters. The van der Waals surface area contributed by atoms with Gasteiger partial charge in [0.2, 0.25) is 0 Å². The first kappa shape index (κ1) is 20.5. The average Bonchev–Trinajstić information content (AvgIpc) is 2.54. The first-order chi connectivity index (χ1) is 11.4. The molecule has 1 rings (SSSR count). The third-order valence-corrected chi connectivity index (χ3v) is 3.57. The zero-order chi connectivity index (χ0) is 18.0. The van der Waals surface area contributed by atoms with Crippen molar-refractivity contribution >= 4 is 11.6 Å². The summed E-state index contributed by atoms with van der Waals surface area (Å²) in [5.41, 5.74) is -0.0909. The molecule has 0 spiro atoms. The average molecular weight is 337 g/mol. The normalized spacial score (nSPS) is 13.6. The van der Waals surface area contributed by atoms with E-state index in [1.807, 2.05) is 38.1 Å². The van der Waals surface area contributed by atoms with E-state index in [0.29, 0.717) is 32.2 Å². The van der Waals surface area contributed by atoms with Gasteiger partial charge in [-0.1, -0.05) is 20.8 Å². The van der Waals surface area contributed by atoms with Crippen LogP contribution in [0.25, 0.3) is 0 Å². The van der Waals surface area contributed by atoms with Crippen LogP contribution in [0.2, 0.25) is 0 Å². The van der Waals surface area contributed by atoms with Crippen molar-refractivity contribution in [2.24, 2.45) is 5.92 Å². The molecule has 0 radical (unpaired) electrons. The highest BCUT2D eigenvalue weighted by Crippen LogP contribution is 2.24. The quantitative estimate of drug-likeness (QED) is 0.623. The van der Waals surface area contributed by atoms with Gasteiger partial charge in [-0.05, 0) is 49.9 Å². The molecule has 0 heterocycles. The minimum atomic E-state index is -0.822. The molecule has 0 aliphatic carbocycles. The predicted molar refractivity (Wildman–Crippen MR) is 96.5 cm³/mol. The van der Waals surface area contributed by atoms with Gasteiger partial charge in [-0.2, -0.15) is 0 Å². The Balaban J connectivity index is 2.68. The Labute approximate surface area is 145 Å². The number of hydrogen-bond acceptors (Lipinski definition) is 4. The fourth-order valence-corrected chi connectivity index (χ4v) is 2.46. The predicted octanol–water partition coefficient (Wildman–Crippen LogP) is 3.88. The van der Waals surface area contributed by atoms with E-state index in [1.165, 1.54) is 0 Å². The summed E-state index contributed by atoms with van der Waals surface area (Å²) >= 11 is 0. The molecule has 0 saturated heterocycles. The molecule has 1 N–H and O–H groups in total. The molecule has 0 bridgehead atoms. The highest BCUT2D eigenvalue weighted by atomic mass is 16.5. The van der Waals surface area contributed by atoms with Crippen LogP contribution in [0.15, 0.2) is 24.3 Å². The van der Waals surface area contributed by atoms with Gasteiger partial charge in [-0.15, -0.1) is 0 Å². The summed E-state index contributed by atoms with van der Waals surface area (Å²) in [4.78, 5) is 12.7. The lowest BCUT2D eigenvalue weighted by Gasteiger charge is -2.30. The number of ether oxygens (including phenoxy) is 3. The molecule has 0 saturated carbocycles. The second-order valence-corrected chi connectivity index (χ2v) is 6.50. The molecule has 1 aromatic rings. The standard InChI is InChI=1S/C19H31NO4/c1-6-11-24-19(4,14-15(2)3)18(21)20-16-7-9-17(10-8-16)23-13-12-22-5/h7-10,15H,6,11-14H2,1-5H3,(H,20,21)/t19-/m1/s1. The Kier molecular flexibility index (Phi) is 8.79. The summed E-state index contributed by atoms with van der Waals surface area (Å²) in [6.07, 6.45) is 1.56. The van der Waals surface area contributed by atoms with Crippen LogP contribution in [0.3, 0.4) is 0 Å². The van der Waals surface area contributed by atoms with Gasteiger partial charge in [0.05, 0.1) is 6.61 Å². The van der Waals surface area contributed by atoms with E-state index >= 15 is 0 Å². The van der Waals surface area contributed by atoms with E-state index in [4.69, 9.17) is 14.2 Å². The Morgan fingerprint density at radius 2 is 1.83 bits per heavy atom. The Morgan fingerprint density at radius 3 is 2.38 bits per heavy atom. The van der Waals surface area contributed by atoms with Gasteiger partial charge >= 0.3 is 0 Å². The van der Waals surface area contributed by atoms with E-state index in [1.54, 1.807) is 7.11 Å². The summed E-state index contributed by atoms with van der Waals surface area (Å²) in [7, 11) is 1.64. The molecule has 0 aromatic heterocycles. The van der Waals surface area contributed by atoms with Crippen LogP contribution in [0.4, 0.5) is 5.69 Å². The summed E-state index contributed by atoms with van der Waals surface area (Å²) in [5, 5.41) is 2.95. The molecule has 0 aliphatic rings. The minimum Gasteiger partial charge on any atom is -0.491 e. The number of carbonyl (C=O) groups excluding carboxylic acids is 1. The van der Waals surface area contributed by atoms with Gasteiger partial charge in [-0.3, -0.25) is 4.79 Å². The monoisotopic (exact) mass is 337 g/mol. The van der Waals surface area contributed by atoms with Crippen molar-refractivity contribution < 1.29 is 19.0 Å². The maximum absolute atomic E-state index is 12.7. The number of rotatable bonds is 11. The lowest BCUT2D eigenvalue weighted by molar-refractivity contribution is -0.141. The molecular formula is C19H31NO4. The molecule has 136 valence electrons. The second-order valence-electron chi connectivity index (χ2n) is 6.50. The van der Waals surface area contributed by atoms with Crippen LogP contribution in [0.1, 0.15) is 40.5 Å².